The second-order valence-electron chi connectivity index (χ2n) is 3.11. The maximum absolute atomic E-state index is 10.7. The summed E-state index contributed by atoms with van der Waals surface area (Å²) in [5.74, 6) is -0.270. The number of hydrogen-bond acceptors (Lipinski definition) is 3. The van der Waals surface area contributed by atoms with E-state index in [1.165, 1.54) is 19.1 Å². The number of esters is 1. The number of carbonyl (C=O) groups is 1. The summed E-state index contributed by atoms with van der Waals surface area (Å²) in [5.41, 5.74) is 0. The van der Waals surface area contributed by atoms with Crippen molar-refractivity contribution < 1.29 is 9.53 Å². The Kier molecular flexibility index (Phi) is 1.64. The molecule has 0 aromatic rings. The highest BCUT2D eigenvalue weighted by Crippen LogP contribution is 2.25. The first-order valence-corrected chi connectivity index (χ1v) is 4.10. The summed E-state index contributed by atoms with van der Waals surface area (Å²) < 4.78 is 5.10. The van der Waals surface area contributed by atoms with Gasteiger partial charge in [0.15, 0.2) is 0 Å². The second-order valence-corrected chi connectivity index (χ2v) is 3.11. The predicted molar refractivity (Wildman–Crippen MR) is 40.6 cm³/mol. The first-order chi connectivity index (χ1) is 5.36. The van der Waals surface area contributed by atoms with E-state index in [0.29, 0.717) is 0 Å². The average molecular weight is 153 g/mol. The lowest BCUT2D eigenvalue weighted by atomic mass is 9.92. The van der Waals surface area contributed by atoms with Crippen LogP contribution in [-0.2, 0) is 9.53 Å². The molecule has 2 atom stereocenters. The Balaban J connectivity index is 2.10. The van der Waals surface area contributed by atoms with Gasteiger partial charge in [0.05, 0.1) is 6.04 Å². The van der Waals surface area contributed by atoms with Gasteiger partial charge in [-0.2, -0.15) is 0 Å². The zero-order valence-electron chi connectivity index (χ0n) is 6.32. The molecule has 1 fully saturated rings. The summed E-state index contributed by atoms with van der Waals surface area (Å²) >= 11 is 0. The van der Waals surface area contributed by atoms with Crippen molar-refractivity contribution in [2.75, 3.05) is 0 Å². The lowest BCUT2D eigenvalue weighted by Crippen LogP contribution is -2.37. The highest BCUT2D eigenvalue weighted by Gasteiger charge is 2.29. The van der Waals surface area contributed by atoms with Crippen molar-refractivity contribution in [3.63, 3.8) is 0 Å². The maximum atomic E-state index is 10.7. The molecule has 0 amide bonds. The third-order valence-electron chi connectivity index (χ3n) is 2.31. The molecule has 0 N–H and O–H groups in total. The zero-order valence-corrected chi connectivity index (χ0v) is 6.32. The molecule has 3 nitrogen and oxygen atoms in total. The Bertz CT molecular complexity index is 200. The molecule has 1 saturated carbocycles. The lowest BCUT2D eigenvalue weighted by molar-refractivity contribution is -0.143. The van der Waals surface area contributed by atoms with Crippen molar-refractivity contribution in [3.8, 4) is 0 Å². The Hall–Kier alpha value is -0.860. The van der Waals surface area contributed by atoms with Crippen molar-refractivity contribution >= 4 is 12.2 Å². The first kappa shape index (κ1) is 6.83. The van der Waals surface area contributed by atoms with Crippen molar-refractivity contribution in [2.45, 2.75) is 37.8 Å². The summed E-state index contributed by atoms with van der Waals surface area (Å²) in [6.07, 6.45) is 5.86. The number of fused-ring (bicyclic) bond motifs is 1. The van der Waals surface area contributed by atoms with Gasteiger partial charge in [-0.15, -0.1) is 0 Å². The third-order valence-corrected chi connectivity index (χ3v) is 2.31. The van der Waals surface area contributed by atoms with E-state index in [-0.39, 0.29) is 18.1 Å². The Labute approximate surface area is 65.5 Å². The number of ether oxygens (including phenoxy) is 1. The quantitative estimate of drug-likeness (QED) is 0.485. The van der Waals surface area contributed by atoms with E-state index in [4.69, 9.17) is 4.74 Å². The van der Waals surface area contributed by atoms with E-state index in [1.54, 1.807) is 0 Å². The molecule has 60 valence electrons. The molecule has 0 bridgehead atoms. The van der Waals surface area contributed by atoms with Crippen LogP contribution >= 0.6 is 0 Å². The fraction of sp³-hybridized carbons (Fsp3) is 0.750. The summed E-state index contributed by atoms with van der Waals surface area (Å²) in [5, 5.41) is 0. The Morgan fingerprint density at radius 2 is 2.27 bits per heavy atom. The molecular weight excluding hydrogens is 142 g/mol. The van der Waals surface area contributed by atoms with Crippen LogP contribution in [0.15, 0.2) is 4.99 Å². The first-order valence-electron chi connectivity index (χ1n) is 4.10. The Morgan fingerprint density at radius 3 is 3.18 bits per heavy atom. The number of rotatable bonds is 0. The minimum Gasteiger partial charge on any atom is -0.456 e. The van der Waals surface area contributed by atoms with Gasteiger partial charge in [-0.1, -0.05) is 6.42 Å². The smallest absolute Gasteiger partial charge is 0.349 e. The standard InChI is InChI=1S/C8H11NO2/c10-8-5-9-6-3-1-2-4-7(6)11-8/h5-7H,1-4H2. The molecule has 1 aliphatic carbocycles. The van der Waals surface area contributed by atoms with Gasteiger partial charge in [0.1, 0.15) is 12.3 Å². The third kappa shape index (κ3) is 1.27. The normalized spacial score (nSPS) is 36.2. The van der Waals surface area contributed by atoms with Gasteiger partial charge in [0, 0.05) is 0 Å². The SMILES string of the molecule is O=C1C=NC2CCCCC2O1. The largest absolute Gasteiger partial charge is 0.456 e. The van der Waals surface area contributed by atoms with Gasteiger partial charge in [0.2, 0.25) is 0 Å². The molecule has 1 aliphatic heterocycles. The average Bonchev–Trinajstić information content (AvgIpc) is 2.04. The molecule has 3 heteroatoms. The van der Waals surface area contributed by atoms with Gasteiger partial charge < -0.3 is 4.74 Å². The van der Waals surface area contributed by atoms with Gasteiger partial charge in [-0.3, -0.25) is 4.99 Å². The minimum absolute atomic E-state index is 0.0845. The van der Waals surface area contributed by atoms with E-state index in [1.807, 2.05) is 0 Å². The molecule has 0 aromatic heterocycles. The zero-order chi connectivity index (χ0) is 7.68. The molecule has 2 aliphatic rings. The van der Waals surface area contributed by atoms with E-state index in [2.05, 4.69) is 4.99 Å². The summed E-state index contributed by atoms with van der Waals surface area (Å²) in [7, 11) is 0. The fourth-order valence-corrected chi connectivity index (χ4v) is 1.72. The van der Waals surface area contributed by atoms with Gasteiger partial charge >= 0.3 is 5.97 Å². The fourth-order valence-electron chi connectivity index (χ4n) is 1.72. The molecule has 0 spiro atoms. The van der Waals surface area contributed by atoms with Gasteiger partial charge in [-0.05, 0) is 19.3 Å². The van der Waals surface area contributed by atoms with Crippen molar-refractivity contribution in [2.24, 2.45) is 4.99 Å². The van der Waals surface area contributed by atoms with E-state index < -0.39 is 0 Å². The number of carbonyl (C=O) groups excluding carboxylic acids is 1. The van der Waals surface area contributed by atoms with Crippen LogP contribution in [0.25, 0.3) is 0 Å². The lowest BCUT2D eigenvalue weighted by Gasteiger charge is -2.30. The molecule has 0 radical (unpaired) electrons. The molecule has 11 heavy (non-hydrogen) atoms. The second kappa shape index (κ2) is 2.64. The molecule has 2 rings (SSSR count). The number of aliphatic imine (C=N–C) groups is 1. The van der Waals surface area contributed by atoms with E-state index in [0.717, 1.165) is 12.8 Å². The van der Waals surface area contributed by atoms with Crippen LogP contribution in [0.3, 0.4) is 0 Å². The van der Waals surface area contributed by atoms with Crippen molar-refractivity contribution in [1.29, 1.82) is 0 Å². The highest BCUT2D eigenvalue weighted by atomic mass is 16.5. The van der Waals surface area contributed by atoms with Crippen LogP contribution in [0, 0.1) is 0 Å². The topological polar surface area (TPSA) is 38.7 Å². The molecular formula is C8H11NO2. The summed E-state index contributed by atoms with van der Waals surface area (Å²) in [6, 6.07) is 0.265. The molecule has 0 aromatic carbocycles. The molecule has 0 saturated heterocycles. The van der Waals surface area contributed by atoms with Crippen LogP contribution in [0.4, 0.5) is 0 Å². The molecule has 1 heterocycles. The van der Waals surface area contributed by atoms with Gasteiger partial charge in [0.25, 0.3) is 0 Å². The predicted octanol–water partition coefficient (Wildman–Crippen LogP) is 0.925. The number of hydrogen-bond donors (Lipinski definition) is 0. The molecule has 2 unspecified atom stereocenters. The van der Waals surface area contributed by atoms with Crippen molar-refractivity contribution in [1.82, 2.24) is 0 Å². The van der Waals surface area contributed by atoms with Gasteiger partial charge in [-0.25, -0.2) is 4.79 Å². The summed E-state index contributed by atoms with van der Waals surface area (Å²) in [6.45, 7) is 0. The van der Waals surface area contributed by atoms with Crippen molar-refractivity contribution in [3.05, 3.63) is 0 Å². The van der Waals surface area contributed by atoms with E-state index >= 15 is 0 Å². The van der Waals surface area contributed by atoms with Crippen LogP contribution < -0.4 is 0 Å². The van der Waals surface area contributed by atoms with Crippen LogP contribution in [-0.4, -0.2) is 24.3 Å². The van der Waals surface area contributed by atoms with Crippen LogP contribution in [0.1, 0.15) is 25.7 Å². The maximum Gasteiger partial charge on any atom is 0.349 e. The highest BCUT2D eigenvalue weighted by molar-refractivity contribution is 6.23. The minimum atomic E-state index is -0.270. The monoisotopic (exact) mass is 153 g/mol. The van der Waals surface area contributed by atoms with Crippen LogP contribution in [0.5, 0.6) is 0 Å². The van der Waals surface area contributed by atoms with Crippen LogP contribution in [0.2, 0.25) is 0 Å². The summed E-state index contributed by atoms with van der Waals surface area (Å²) in [4.78, 5) is 14.9. The van der Waals surface area contributed by atoms with E-state index in [9.17, 15) is 4.79 Å². The number of nitrogens with zero attached hydrogens (tertiary/aromatic N) is 1. The Morgan fingerprint density at radius 1 is 1.45 bits per heavy atom.